The highest BCUT2D eigenvalue weighted by atomic mass is 32.2. The van der Waals surface area contributed by atoms with Gasteiger partial charge in [0, 0.05) is 13.1 Å². The van der Waals surface area contributed by atoms with Crippen molar-refractivity contribution in [1.29, 1.82) is 0 Å². The summed E-state index contributed by atoms with van der Waals surface area (Å²) in [5, 5.41) is -0.336. The van der Waals surface area contributed by atoms with Gasteiger partial charge in [-0.1, -0.05) is 32.0 Å². The summed E-state index contributed by atoms with van der Waals surface area (Å²) in [4.78, 5) is 41.2. The molecular weight excluding hydrogens is 520 g/mol. The predicted octanol–water partition coefficient (Wildman–Crippen LogP) is 4.48. The van der Waals surface area contributed by atoms with Gasteiger partial charge in [0.05, 0.1) is 31.8 Å². The zero-order valence-electron chi connectivity index (χ0n) is 22.7. The van der Waals surface area contributed by atoms with E-state index < -0.39 is 0 Å². The smallest absolute Gasteiger partial charge is 0.293 e. The molecule has 2 aromatic carbocycles. The summed E-state index contributed by atoms with van der Waals surface area (Å²) in [6, 6.07) is 11.2. The van der Waals surface area contributed by atoms with Crippen LogP contribution in [0.5, 0.6) is 17.2 Å². The Bertz CT molecular complexity index is 1250. The first-order valence-corrected chi connectivity index (χ1v) is 13.7. The Hall–Kier alpha value is -3.50. The standard InChI is InChI=1S/C29H34N2O7S/c1-19(2)22-7-5-20(3)15-24(22)37-14-11-31-28(33)26(39-29(31)34)17-21-6-8-23(25(16-21)35-4)38-18-27(32)30-9-12-36-13-10-30/h5-8,15-17,19H,9-14,18H2,1-4H3/b26-17-. The summed E-state index contributed by atoms with van der Waals surface area (Å²) >= 11 is 0.892. The first kappa shape index (κ1) is 28.5. The summed E-state index contributed by atoms with van der Waals surface area (Å²) in [6.07, 6.45) is 1.65. The molecule has 0 N–H and O–H groups in total. The Morgan fingerprint density at radius 1 is 1.05 bits per heavy atom. The van der Waals surface area contributed by atoms with Gasteiger partial charge in [-0.2, -0.15) is 0 Å². The van der Waals surface area contributed by atoms with Crippen molar-refractivity contribution >= 4 is 34.9 Å². The molecule has 0 atom stereocenters. The van der Waals surface area contributed by atoms with Crippen LogP contribution in [0.25, 0.3) is 6.08 Å². The molecule has 0 aliphatic carbocycles. The third-order valence-electron chi connectivity index (χ3n) is 6.44. The summed E-state index contributed by atoms with van der Waals surface area (Å²) in [7, 11) is 1.50. The van der Waals surface area contributed by atoms with Gasteiger partial charge in [-0.05, 0) is 65.6 Å². The average molecular weight is 555 g/mol. The van der Waals surface area contributed by atoms with Gasteiger partial charge in [0.15, 0.2) is 18.1 Å². The van der Waals surface area contributed by atoms with Crippen LogP contribution in [-0.4, -0.2) is 80.0 Å². The van der Waals surface area contributed by atoms with Crippen LogP contribution in [0.1, 0.15) is 36.5 Å². The van der Waals surface area contributed by atoms with Crippen LogP contribution < -0.4 is 14.2 Å². The quantitative estimate of drug-likeness (QED) is 0.397. The molecule has 2 aromatic rings. The lowest BCUT2D eigenvalue weighted by atomic mass is 10.0. The molecule has 0 radical (unpaired) electrons. The molecule has 2 heterocycles. The molecule has 10 heteroatoms. The number of thioether (sulfide) groups is 1. The van der Waals surface area contributed by atoms with E-state index in [0.29, 0.717) is 54.2 Å². The fourth-order valence-electron chi connectivity index (χ4n) is 4.27. The fraction of sp³-hybridized carbons (Fsp3) is 0.414. The lowest BCUT2D eigenvalue weighted by molar-refractivity contribution is -0.137. The van der Waals surface area contributed by atoms with Crippen molar-refractivity contribution in [2.24, 2.45) is 0 Å². The third kappa shape index (κ3) is 7.13. The largest absolute Gasteiger partial charge is 0.493 e. The number of methoxy groups -OCH3 is 1. The van der Waals surface area contributed by atoms with Crippen LogP contribution in [0.2, 0.25) is 0 Å². The SMILES string of the molecule is COc1cc(/C=C2\SC(=O)N(CCOc3cc(C)ccc3C(C)C)C2=O)ccc1OCC(=O)N1CCOCC1. The molecule has 3 amide bonds. The number of rotatable bonds is 10. The second-order valence-electron chi connectivity index (χ2n) is 9.57. The summed E-state index contributed by atoms with van der Waals surface area (Å²) in [5.74, 6) is 1.42. The van der Waals surface area contributed by atoms with Crippen molar-refractivity contribution in [2.75, 3.05) is 53.2 Å². The van der Waals surface area contributed by atoms with Crippen molar-refractivity contribution in [1.82, 2.24) is 9.80 Å². The van der Waals surface area contributed by atoms with Crippen LogP contribution >= 0.6 is 11.8 Å². The number of nitrogens with zero attached hydrogens (tertiary/aromatic N) is 2. The molecule has 0 spiro atoms. The Morgan fingerprint density at radius 3 is 2.54 bits per heavy atom. The van der Waals surface area contributed by atoms with Crippen LogP contribution in [0.15, 0.2) is 41.3 Å². The van der Waals surface area contributed by atoms with Gasteiger partial charge in [-0.25, -0.2) is 0 Å². The summed E-state index contributed by atoms with van der Waals surface area (Å²) in [6.45, 7) is 8.57. The van der Waals surface area contributed by atoms with Crippen LogP contribution in [-0.2, 0) is 14.3 Å². The van der Waals surface area contributed by atoms with E-state index in [1.165, 1.54) is 12.0 Å². The molecule has 0 unspecified atom stereocenters. The normalized spacial score (nSPS) is 16.8. The maximum Gasteiger partial charge on any atom is 0.293 e. The van der Waals surface area contributed by atoms with E-state index in [0.717, 1.165) is 28.6 Å². The molecule has 0 aromatic heterocycles. The van der Waals surface area contributed by atoms with Crippen molar-refractivity contribution in [3.8, 4) is 17.2 Å². The van der Waals surface area contributed by atoms with Crippen LogP contribution in [0.4, 0.5) is 4.79 Å². The molecule has 2 saturated heterocycles. The second kappa shape index (κ2) is 13.0. The van der Waals surface area contributed by atoms with E-state index in [2.05, 4.69) is 13.8 Å². The number of benzene rings is 2. The third-order valence-corrected chi connectivity index (χ3v) is 7.34. The number of carbonyl (C=O) groups is 3. The van der Waals surface area contributed by atoms with Crippen molar-refractivity contribution in [2.45, 2.75) is 26.7 Å². The van der Waals surface area contributed by atoms with Gasteiger partial charge in [-0.3, -0.25) is 19.3 Å². The van der Waals surface area contributed by atoms with Gasteiger partial charge in [-0.15, -0.1) is 0 Å². The minimum Gasteiger partial charge on any atom is -0.493 e. The predicted molar refractivity (Wildman–Crippen MR) is 149 cm³/mol. The second-order valence-corrected chi connectivity index (χ2v) is 10.6. The van der Waals surface area contributed by atoms with Gasteiger partial charge in [0.25, 0.3) is 17.1 Å². The minimum atomic E-state index is -0.364. The zero-order chi connectivity index (χ0) is 27.9. The van der Waals surface area contributed by atoms with E-state index in [4.69, 9.17) is 18.9 Å². The van der Waals surface area contributed by atoms with Crippen molar-refractivity contribution < 1.29 is 33.3 Å². The number of carbonyl (C=O) groups excluding carboxylic acids is 3. The fourth-order valence-corrected chi connectivity index (χ4v) is 5.14. The maximum absolute atomic E-state index is 13.0. The Labute approximate surface area is 233 Å². The number of aryl methyl sites for hydroxylation is 1. The van der Waals surface area contributed by atoms with E-state index in [9.17, 15) is 14.4 Å². The first-order valence-electron chi connectivity index (χ1n) is 12.9. The topological polar surface area (TPSA) is 94.6 Å². The lowest BCUT2D eigenvalue weighted by Crippen LogP contribution is -2.43. The molecule has 2 aliphatic rings. The Morgan fingerprint density at radius 2 is 1.82 bits per heavy atom. The highest BCUT2D eigenvalue weighted by Crippen LogP contribution is 2.35. The number of imide groups is 1. The highest BCUT2D eigenvalue weighted by molar-refractivity contribution is 8.18. The first-order chi connectivity index (χ1) is 18.8. The average Bonchev–Trinajstić information content (AvgIpc) is 3.19. The molecule has 208 valence electrons. The lowest BCUT2D eigenvalue weighted by Gasteiger charge is -2.26. The van der Waals surface area contributed by atoms with Crippen LogP contribution in [0, 0.1) is 6.92 Å². The number of hydrogen-bond donors (Lipinski definition) is 0. The Balaban J connectivity index is 1.37. The van der Waals surface area contributed by atoms with Gasteiger partial charge in [0.2, 0.25) is 0 Å². The number of hydrogen-bond acceptors (Lipinski definition) is 8. The van der Waals surface area contributed by atoms with Gasteiger partial charge >= 0.3 is 0 Å². The molecular formula is C29H34N2O7S. The molecule has 9 nitrogen and oxygen atoms in total. The molecule has 39 heavy (non-hydrogen) atoms. The van der Waals surface area contributed by atoms with Crippen LogP contribution in [0.3, 0.4) is 0 Å². The number of ether oxygens (including phenoxy) is 4. The molecule has 4 rings (SSSR count). The van der Waals surface area contributed by atoms with Crippen molar-refractivity contribution in [3.63, 3.8) is 0 Å². The summed E-state index contributed by atoms with van der Waals surface area (Å²) in [5.41, 5.74) is 2.84. The monoisotopic (exact) mass is 554 g/mol. The number of amides is 3. The Kier molecular flexibility index (Phi) is 9.53. The molecule has 0 saturated carbocycles. The van der Waals surface area contributed by atoms with E-state index in [1.807, 2.05) is 25.1 Å². The highest BCUT2D eigenvalue weighted by Gasteiger charge is 2.35. The number of morpholine rings is 1. The van der Waals surface area contributed by atoms with E-state index in [1.54, 1.807) is 29.2 Å². The van der Waals surface area contributed by atoms with Gasteiger partial charge in [0.1, 0.15) is 12.4 Å². The summed E-state index contributed by atoms with van der Waals surface area (Å²) < 4.78 is 22.4. The molecule has 2 fully saturated rings. The zero-order valence-corrected chi connectivity index (χ0v) is 23.5. The molecule has 0 bridgehead atoms. The van der Waals surface area contributed by atoms with Crippen molar-refractivity contribution in [3.05, 3.63) is 58.0 Å². The molecule has 2 aliphatic heterocycles. The minimum absolute atomic E-state index is 0.113. The maximum atomic E-state index is 13.0. The van der Waals surface area contributed by atoms with E-state index in [-0.39, 0.29) is 36.8 Å². The van der Waals surface area contributed by atoms with E-state index >= 15 is 0 Å². The van der Waals surface area contributed by atoms with Gasteiger partial charge < -0.3 is 23.8 Å².